The number of aromatic nitrogens is 2. The first-order chi connectivity index (χ1) is 14.0. The highest BCUT2D eigenvalue weighted by molar-refractivity contribution is 5.79. The van der Waals surface area contributed by atoms with Gasteiger partial charge in [0, 0.05) is 25.1 Å². The van der Waals surface area contributed by atoms with Gasteiger partial charge in [-0.25, -0.2) is 4.39 Å². The molecule has 3 aromatic rings. The number of rotatable bonds is 6. The Hall–Kier alpha value is -3.22. The van der Waals surface area contributed by atoms with Gasteiger partial charge in [0.15, 0.2) is 11.6 Å². The molecule has 0 aliphatic carbocycles. The maximum atomic E-state index is 13.9. The second-order valence-electron chi connectivity index (χ2n) is 7.28. The Morgan fingerprint density at radius 2 is 2.03 bits per heavy atom. The molecule has 6 nitrogen and oxygen atoms in total. The lowest BCUT2D eigenvalue weighted by Crippen LogP contribution is -2.27. The zero-order valence-corrected chi connectivity index (χ0v) is 16.4. The smallest absolute Gasteiger partial charge is 0.232 e. The van der Waals surface area contributed by atoms with Crippen LogP contribution in [0, 0.1) is 12.7 Å². The van der Waals surface area contributed by atoms with Crippen molar-refractivity contribution in [3.05, 3.63) is 65.3 Å². The highest BCUT2D eigenvalue weighted by Gasteiger charge is 2.34. The van der Waals surface area contributed by atoms with Crippen LogP contribution in [0.15, 0.2) is 47.0 Å². The minimum Gasteiger partial charge on any atom is -0.494 e. The Kier molecular flexibility index (Phi) is 5.29. The number of amides is 1. The summed E-state index contributed by atoms with van der Waals surface area (Å²) >= 11 is 0. The first-order valence-electron chi connectivity index (χ1n) is 9.54. The fraction of sp³-hybridized carbons (Fsp3) is 0.318. The number of halogens is 1. The zero-order valence-electron chi connectivity index (χ0n) is 16.4. The molecule has 1 aromatic heterocycles. The maximum Gasteiger partial charge on any atom is 0.232 e. The largest absolute Gasteiger partial charge is 0.494 e. The number of hydrogen-bond donors (Lipinski definition) is 0. The van der Waals surface area contributed by atoms with Crippen LogP contribution in [-0.2, 0) is 11.2 Å². The standard InChI is InChI=1S/C22H22FN3O3/c1-14-3-5-15(6-4-14)9-10-26-13-17(12-20(26)27)22-24-21(25-29-22)16-7-8-19(28-2)18(23)11-16/h3-8,11,17H,9-10,12-13H2,1-2H3. The Bertz CT molecular complexity index is 1020. The lowest BCUT2D eigenvalue weighted by atomic mass is 10.1. The number of methoxy groups -OCH3 is 1. The number of likely N-dealkylation sites (tertiary alicyclic amines) is 1. The molecule has 2 heterocycles. The molecule has 150 valence electrons. The van der Waals surface area contributed by atoms with Crippen LogP contribution in [-0.4, -0.2) is 41.1 Å². The average Bonchev–Trinajstić information content (AvgIpc) is 3.34. The molecule has 1 aliphatic rings. The van der Waals surface area contributed by atoms with Gasteiger partial charge in [-0.15, -0.1) is 0 Å². The number of carbonyl (C=O) groups excluding carboxylic acids is 1. The fourth-order valence-corrected chi connectivity index (χ4v) is 3.50. The summed E-state index contributed by atoms with van der Waals surface area (Å²) in [5.41, 5.74) is 2.92. The van der Waals surface area contributed by atoms with Gasteiger partial charge in [0.1, 0.15) is 0 Å². The maximum absolute atomic E-state index is 13.9. The summed E-state index contributed by atoms with van der Waals surface area (Å²) in [5, 5.41) is 3.96. The molecular formula is C22H22FN3O3. The molecule has 0 bridgehead atoms. The SMILES string of the molecule is COc1ccc(-c2noc(C3CC(=O)N(CCc4ccc(C)cc4)C3)n2)cc1F. The van der Waals surface area contributed by atoms with Gasteiger partial charge in [-0.3, -0.25) is 4.79 Å². The first-order valence-corrected chi connectivity index (χ1v) is 9.54. The Balaban J connectivity index is 1.41. The molecule has 1 fully saturated rings. The zero-order chi connectivity index (χ0) is 20.4. The summed E-state index contributed by atoms with van der Waals surface area (Å²) in [6.45, 7) is 3.25. The van der Waals surface area contributed by atoms with Crippen molar-refractivity contribution in [2.45, 2.75) is 25.7 Å². The Morgan fingerprint density at radius 1 is 1.24 bits per heavy atom. The number of aryl methyl sites for hydroxylation is 1. The molecule has 1 aliphatic heterocycles. The highest BCUT2D eigenvalue weighted by Crippen LogP contribution is 2.30. The average molecular weight is 395 g/mol. The van der Waals surface area contributed by atoms with Gasteiger partial charge in [-0.05, 0) is 37.1 Å². The lowest BCUT2D eigenvalue weighted by Gasteiger charge is -2.15. The van der Waals surface area contributed by atoms with E-state index in [4.69, 9.17) is 9.26 Å². The predicted octanol–water partition coefficient (Wildman–Crippen LogP) is 3.75. The molecule has 0 N–H and O–H groups in total. The van der Waals surface area contributed by atoms with Crippen molar-refractivity contribution < 1.29 is 18.4 Å². The molecule has 1 unspecified atom stereocenters. The summed E-state index contributed by atoms with van der Waals surface area (Å²) < 4.78 is 24.2. The number of ether oxygens (including phenoxy) is 1. The van der Waals surface area contributed by atoms with Crippen LogP contribution in [0.4, 0.5) is 4.39 Å². The van der Waals surface area contributed by atoms with Crippen molar-refractivity contribution in [2.24, 2.45) is 0 Å². The number of nitrogens with zero attached hydrogens (tertiary/aromatic N) is 3. The molecule has 2 aromatic carbocycles. The van der Waals surface area contributed by atoms with E-state index in [1.54, 1.807) is 6.07 Å². The molecule has 0 radical (unpaired) electrons. The summed E-state index contributed by atoms with van der Waals surface area (Å²) in [7, 11) is 1.41. The van der Waals surface area contributed by atoms with E-state index in [1.807, 2.05) is 4.90 Å². The topological polar surface area (TPSA) is 68.5 Å². The van der Waals surface area contributed by atoms with Crippen molar-refractivity contribution in [3.63, 3.8) is 0 Å². The number of carbonyl (C=O) groups is 1. The van der Waals surface area contributed by atoms with Crippen LogP contribution in [0.1, 0.15) is 29.4 Å². The third kappa shape index (κ3) is 4.13. The van der Waals surface area contributed by atoms with E-state index in [2.05, 4.69) is 41.3 Å². The molecule has 1 atom stereocenters. The molecule has 1 amide bonds. The highest BCUT2D eigenvalue weighted by atomic mass is 19.1. The Labute approximate surface area is 168 Å². The number of hydrogen-bond acceptors (Lipinski definition) is 5. The lowest BCUT2D eigenvalue weighted by molar-refractivity contribution is -0.127. The second-order valence-corrected chi connectivity index (χ2v) is 7.28. The van der Waals surface area contributed by atoms with E-state index in [0.717, 1.165) is 6.42 Å². The summed E-state index contributed by atoms with van der Waals surface area (Å²) in [5.74, 6) is 0.300. The molecule has 0 saturated carbocycles. The van der Waals surface area contributed by atoms with E-state index in [1.165, 1.54) is 30.4 Å². The molecule has 7 heteroatoms. The van der Waals surface area contributed by atoms with Gasteiger partial charge in [0.2, 0.25) is 17.6 Å². The predicted molar refractivity (Wildman–Crippen MR) is 105 cm³/mol. The van der Waals surface area contributed by atoms with E-state index < -0.39 is 5.82 Å². The normalized spacial score (nSPS) is 16.4. The van der Waals surface area contributed by atoms with Gasteiger partial charge >= 0.3 is 0 Å². The van der Waals surface area contributed by atoms with Crippen LogP contribution >= 0.6 is 0 Å². The third-order valence-electron chi connectivity index (χ3n) is 5.21. The minimum atomic E-state index is -0.491. The van der Waals surface area contributed by atoms with Crippen molar-refractivity contribution in [2.75, 3.05) is 20.2 Å². The quantitative estimate of drug-likeness (QED) is 0.636. The van der Waals surface area contributed by atoms with Crippen molar-refractivity contribution in [1.82, 2.24) is 15.0 Å². The van der Waals surface area contributed by atoms with Crippen LogP contribution in [0.5, 0.6) is 5.75 Å². The van der Waals surface area contributed by atoms with Crippen molar-refractivity contribution in [3.8, 4) is 17.1 Å². The summed E-state index contributed by atoms with van der Waals surface area (Å²) in [4.78, 5) is 18.6. The van der Waals surface area contributed by atoms with Crippen LogP contribution in [0.3, 0.4) is 0 Å². The first kappa shape index (κ1) is 19.1. The van der Waals surface area contributed by atoms with Crippen LogP contribution in [0.25, 0.3) is 11.4 Å². The molecule has 4 rings (SSSR count). The molecular weight excluding hydrogens is 373 g/mol. The molecule has 29 heavy (non-hydrogen) atoms. The third-order valence-corrected chi connectivity index (χ3v) is 5.21. The number of benzene rings is 2. The van der Waals surface area contributed by atoms with Crippen molar-refractivity contribution in [1.29, 1.82) is 0 Å². The molecule has 0 spiro atoms. The van der Waals surface area contributed by atoms with Gasteiger partial charge in [0.05, 0.1) is 13.0 Å². The fourth-order valence-electron chi connectivity index (χ4n) is 3.50. The van der Waals surface area contributed by atoms with E-state index in [-0.39, 0.29) is 17.6 Å². The monoisotopic (exact) mass is 395 g/mol. The van der Waals surface area contributed by atoms with Crippen molar-refractivity contribution >= 4 is 5.91 Å². The Morgan fingerprint density at radius 3 is 2.76 bits per heavy atom. The van der Waals surface area contributed by atoms with E-state index >= 15 is 0 Å². The van der Waals surface area contributed by atoms with Gasteiger partial charge in [0.25, 0.3) is 0 Å². The molecule has 1 saturated heterocycles. The minimum absolute atomic E-state index is 0.0809. The van der Waals surface area contributed by atoms with Crippen LogP contribution < -0.4 is 4.74 Å². The van der Waals surface area contributed by atoms with Gasteiger partial charge < -0.3 is 14.2 Å². The summed E-state index contributed by atoms with van der Waals surface area (Å²) in [6, 6.07) is 12.8. The second kappa shape index (κ2) is 8.03. The van der Waals surface area contributed by atoms with E-state index in [9.17, 15) is 9.18 Å². The van der Waals surface area contributed by atoms with Crippen LogP contribution in [0.2, 0.25) is 0 Å². The van der Waals surface area contributed by atoms with Gasteiger partial charge in [-0.2, -0.15) is 4.98 Å². The van der Waals surface area contributed by atoms with Gasteiger partial charge in [-0.1, -0.05) is 35.0 Å². The summed E-state index contributed by atoms with van der Waals surface area (Å²) in [6.07, 6.45) is 1.14. The van der Waals surface area contributed by atoms with E-state index in [0.29, 0.717) is 36.8 Å².